The van der Waals surface area contributed by atoms with Gasteiger partial charge in [0.2, 0.25) is 5.91 Å². The zero-order valence-electron chi connectivity index (χ0n) is 13.5. The molecule has 1 atom stereocenters. The Hall–Kier alpha value is -1.36. The van der Waals surface area contributed by atoms with Gasteiger partial charge in [-0.25, -0.2) is 4.98 Å². The number of nitrogens with two attached hydrogens (primary N) is 1. The summed E-state index contributed by atoms with van der Waals surface area (Å²) in [6.07, 6.45) is 6.31. The number of imidazole rings is 1. The summed E-state index contributed by atoms with van der Waals surface area (Å²) >= 11 is 0. The van der Waals surface area contributed by atoms with E-state index in [4.69, 9.17) is 5.73 Å². The number of hydrogen-bond acceptors (Lipinski definition) is 3. The summed E-state index contributed by atoms with van der Waals surface area (Å²) in [5.41, 5.74) is 5.92. The topological polar surface area (TPSA) is 64.2 Å². The molecule has 0 fully saturated rings. The van der Waals surface area contributed by atoms with Crippen molar-refractivity contribution in [2.24, 2.45) is 17.1 Å². The van der Waals surface area contributed by atoms with Crippen molar-refractivity contribution in [1.29, 1.82) is 0 Å². The van der Waals surface area contributed by atoms with Gasteiger partial charge in [0, 0.05) is 31.9 Å². The SMILES string of the molecule is CC(C)(C)C(CCN)CCC(=O)N1CCn2ccnc2C1. The van der Waals surface area contributed by atoms with Crippen LogP contribution in [0.2, 0.25) is 0 Å². The standard InChI is InChI=1S/C16H28N4O/c1-16(2,3)13(6-7-17)4-5-15(21)20-11-10-19-9-8-18-14(19)12-20/h8-9,13H,4-7,10-12,17H2,1-3H3. The third-order valence-electron chi connectivity index (χ3n) is 4.54. The van der Waals surface area contributed by atoms with Crippen molar-refractivity contribution in [3.8, 4) is 0 Å². The van der Waals surface area contributed by atoms with E-state index in [1.165, 1.54) is 0 Å². The Morgan fingerprint density at radius 2 is 2.14 bits per heavy atom. The molecule has 5 heteroatoms. The van der Waals surface area contributed by atoms with Crippen molar-refractivity contribution in [3.63, 3.8) is 0 Å². The molecule has 5 nitrogen and oxygen atoms in total. The van der Waals surface area contributed by atoms with Crippen LogP contribution < -0.4 is 5.73 Å². The Balaban J connectivity index is 1.87. The van der Waals surface area contributed by atoms with Gasteiger partial charge in [-0.3, -0.25) is 4.79 Å². The number of carbonyl (C=O) groups is 1. The summed E-state index contributed by atoms with van der Waals surface area (Å²) in [7, 11) is 0. The lowest BCUT2D eigenvalue weighted by Gasteiger charge is -2.32. The first-order chi connectivity index (χ1) is 9.91. The minimum Gasteiger partial charge on any atom is -0.333 e. The lowest BCUT2D eigenvalue weighted by atomic mass is 9.76. The van der Waals surface area contributed by atoms with E-state index in [0.29, 0.717) is 25.4 Å². The van der Waals surface area contributed by atoms with Crippen LogP contribution in [0.25, 0.3) is 0 Å². The Labute approximate surface area is 127 Å². The summed E-state index contributed by atoms with van der Waals surface area (Å²) < 4.78 is 2.12. The number of fused-ring (bicyclic) bond motifs is 1. The molecule has 0 radical (unpaired) electrons. The molecule has 2 heterocycles. The predicted molar refractivity (Wildman–Crippen MR) is 83.5 cm³/mol. The molecule has 0 spiro atoms. The minimum absolute atomic E-state index is 0.206. The van der Waals surface area contributed by atoms with Gasteiger partial charge in [-0.1, -0.05) is 20.8 Å². The maximum atomic E-state index is 12.4. The molecule has 1 aromatic rings. The molecule has 118 valence electrons. The van der Waals surface area contributed by atoms with E-state index in [1.54, 1.807) is 6.20 Å². The van der Waals surface area contributed by atoms with Crippen LogP contribution in [0.1, 0.15) is 45.9 Å². The van der Waals surface area contributed by atoms with Crippen molar-refractivity contribution in [1.82, 2.24) is 14.5 Å². The Kier molecular flexibility index (Phi) is 5.04. The molecule has 0 aromatic carbocycles. The smallest absolute Gasteiger partial charge is 0.223 e. The molecular weight excluding hydrogens is 264 g/mol. The first-order valence-electron chi connectivity index (χ1n) is 7.89. The van der Waals surface area contributed by atoms with E-state index < -0.39 is 0 Å². The van der Waals surface area contributed by atoms with E-state index in [0.717, 1.165) is 31.8 Å². The van der Waals surface area contributed by atoms with Crippen LogP contribution in [-0.4, -0.2) is 33.4 Å². The second kappa shape index (κ2) is 6.60. The summed E-state index contributed by atoms with van der Waals surface area (Å²) in [6, 6.07) is 0. The number of amides is 1. The fourth-order valence-corrected chi connectivity index (χ4v) is 3.05. The second-order valence-corrected chi connectivity index (χ2v) is 7.03. The summed E-state index contributed by atoms with van der Waals surface area (Å²) in [5, 5.41) is 0. The van der Waals surface area contributed by atoms with Gasteiger partial charge >= 0.3 is 0 Å². The minimum atomic E-state index is 0.206. The number of hydrogen-bond donors (Lipinski definition) is 1. The molecule has 1 aliphatic heterocycles. The Bertz CT molecular complexity index is 475. The molecule has 0 aliphatic carbocycles. The van der Waals surface area contributed by atoms with Gasteiger partial charge in [0.15, 0.2) is 0 Å². The highest BCUT2D eigenvalue weighted by atomic mass is 16.2. The van der Waals surface area contributed by atoms with Crippen LogP contribution in [0.5, 0.6) is 0 Å². The highest BCUT2D eigenvalue weighted by molar-refractivity contribution is 5.76. The maximum absolute atomic E-state index is 12.4. The molecule has 21 heavy (non-hydrogen) atoms. The van der Waals surface area contributed by atoms with Gasteiger partial charge < -0.3 is 15.2 Å². The van der Waals surface area contributed by atoms with Gasteiger partial charge in [-0.2, -0.15) is 0 Å². The fourth-order valence-electron chi connectivity index (χ4n) is 3.05. The molecule has 0 saturated heterocycles. The molecule has 1 aromatic heterocycles. The van der Waals surface area contributed by atoms with Gasteiger partial charge in [0.25, 0.3) is 0 Å². The number of nitrogens with zero attached hydrogens (tertiary/aromatic N) is 3. The first-order valence-corrected chi connectivity index (χ1v) is 7.89. The normalized spacial score (nSPS) is 16.7. The summed E-state index contributed by atoms with van der Waals surface area (Å²) in [4.78, 5) is 18.7. The lowest BCUT2D eigenvalue weighted by Crippen LogP contribution is -2.38. The maximum Gasteiger partial charge on any atom is 0.223 e. The fraction of sp³-hybridized carbons (Fsp3) is 0.750. The van der Waals surface area contributed by atoms with Crippen molar-refractivity contribution < 1.29 is 4.79 Å². The summed E-state index contributed by atoms with van der Waals surface area (Å²) in [5.74, 6) is 1.73. The zero-order chi connectivity index (χ0) is 15.5. The van der Waals surface area contributed by atoms with Crippen LogP contribution >= 0.6 is 0 Å². The van der Waals surface area contributed by atoms with E-state index in [2.05, 4.69) is 30.3 Å². The van der Waals surface area contributed by atoms with Crippen LogP contribution in [0.15, 0.2) is 12.4 Å². The second-order valence-electron chi connectivity index (χ2n) is 7.03. The van der Waals surface area contributed by atoms with Gasteiger partial charge in [0.1, 0.15) is 5.82 Å². The lowest BCUT2D eigenvalue weighted by molar-refractivity contribution is -0.133. The quantitative estimate of drug-likeness (QED) is 0.903. The Morgan fingerprint density at radius 3 is 2.81 bits per heavy atom. The van der Waals surface area contributed by atoms with Crippen LogP contribution in [-0.2, 0) is 17.9 Å². The largest absolute Gasteiger partial charge is 0.333 e. The summed E-state index contributed by atoms with van der Waals surface area (Å²) in [6.45, 7) is 9.67. The number of rotatable bonds is 5. The van der Waals surface area contributed by atoms with E-state index >= 15 is 0 Å². The molecule has 0 bridgehead atoms. The van der Waals surface area contributed by atoms with Crippen molar-refractivity contribution in [3.05, 3.63) is 18.2 Å². The number of carbonyl (C=O) groups excluding carboxylic acids is 1. The highest BCUT2D eigenvalue weighted by Gasteiger charge is 2.26. The third kappa shape index (κ3) is 4.06. The van der Waals surface area contributed by atoms with Crippen LogP contribution in [0, 0.1) is 11.3 Å². The monoisotopic (exact) mass is 292 g/mol. The number of aromatic nitrogens is 2. The molecular formula is C16H28N4O. The average molecular weight is 292 g/mol. The molecule has 2 N–H and O–H groups in total. The van der Waals surface area contributed by atoms with Gasteiger partial charge in [0.05, 0.1) is 6.54 Å². The van der Waals surface area contributed by atoms with E-state index in [9.17, 15) is 4.79 Å². The average Bonchev–Trinajstić information content (AvgIpc) is 2.89. The molecule has 2 rings (SSSR count). The van der Waals surface area contributed by atoms with E-state index in [-0.39, 0.29) is 11.3 Å². The van der Waals surface area contributed by atoms with Crippen molar-refractivity contribution in [2.45, 2.75) is 53.1 Å². The first kappa shape index (κ1) is 16.0. The van der Waals surface area contributed by atoms with Crippen molar-refractivity contribution >= 4 is 5.91 Å². The Morgan fingerprint density at radius 1 is 1.38 bits per heavy atom. The van der Waals surface area contributed by atoms with Crippen LogP contribution in [0.4, 0.5) is 0 Å². The van der Waals surface area contributed by atoms with Crippen molar-refractivity contribution in [2.75, 3.05) is 13.1 Å². The van der Waals surface area contributed by atoms with Gasteiger partial charge in [-0.05, 0) is 30.7 Å². The predicted octanol–water partition coefficient (Wildman–Crippen LogP) is 2.02. The van der Waals surface area contributed by atoms with E-state index in [1.807, 2.05) is 11.1 Å². The van der Waals surface area contributed by atoms with Crippen LogP contribution in [0.3, 0.4) is 0 Å². The van der Waals surface area contributed by atoms with Gasteiger partial charge in [-0.15, -0.1) is 0 Å². The molecule has 1 unspecified atom stereocenters. The molecule has 0 saturated carbocycles. The highest BCUT2D eigenvalue weighted by Crippen LogP contribution is 2.32. The zero-order valence-corrected chi connectivity index (χ0v) is 13.5. The third-order valence-corrected chi connectivity index (χ3v) is 4.54. The molecule has 1 amide bonds. The molecule has 1 aliphatic rings.